The second-order valence-corrected chi connectivity index (χ2v) is 9.36. The van der Waals surface area contributed by atoms with Crippen molar-refractivity contribution in [2.24, 2.45) is 0 Å². The van der Waals surface area contributed by atoms with Crippen LogP contribution in [0.3, 0.4) is 0 Å². The SMILES string of the molecule is COc1cc(C(=O)O)ccc1NS(=O)(=O)c1csc(-c2ccc(-c3ccccc3)cc2F)n1. The summed E-state index contributed by atoms with van der Waals surface area (Å²) >= 11 is 0.993. The summed E-state index contributed by atoms with van der Waals surface area (Å²) in [6, 6.07) is 17.8. The Morgan fingerprint density at radius 3 is 2.48 bits per heavy atom. The van der Waals surface area contributed by atoms with Crippen molar-refractivity contribution in [3.63, 3.8) is 0 Å². The zero-order chi connectivity index (χ0) is 23.6. The van der Waals surface area contributed by atoms with E-state index in [1.807, 2.05) is 30.3 Å². The number of carboxylic acid groups (broad SMARTS) is 1. The molecule has 0 aliphatic rings. The van der Waals surface area contributed by atoms with E-state index in [2.05, 4.69) is 9.71 Å². The van der Waals surface area contributed by atoms with E-state index < -0.39 is 21.8 Å². The Morgan fingerprint density at radius 1 is 1.06 bits per heavy atom. The van der Waals surface area contributed by atoms with Gasteiger partial charge in [-0.2, -0.15) is 8.42 Å². The molecule has 0 aliphatic carbocycles. The fourth-order valence-electron chi connectivity index (χ4n) is 3.11. The van der Waals surface area contributed by atoms with E-state index in [-0.39, 0.29) is 32.6 Å². The number of nitrogens with one attached hydrogen (secondary N) is 1. The molecule has 0 spiro atoms. The first kappa shape index (κ1) is 22.4. The molecule has 4 aromatic rings. The molecule has 3 aromatic carbocycles. The van der Waals surface area contributed by atoms with Gasteiger partial charge in [-0.15, -0.1) is 11.3 Å². The van der Waals surface area contributed by atoms with Gasteiger partial charge in [0.2, 0.25) is 0 Å². The Hall–Kier alpha value is -3.76. The van der Waals surface area contributed by atoms with E-state index in [0.29, 0.717) is 5.56 Å². The lowest BCUT2D eigenvalue weighted by Gasteiger charge is -2.11. The van der Waals surface area contributed by atoms with Crippen LogP contribution < -0.4 is 9.46 Å². The summed E-state index contributed by atoms with van der Waals surface area (Å²) in [5, 5.41) is 10.3. The number of ether oxygens (including phenoxy) is 1. The van der Waals surface area contributed by atoms with Crippen LogP contribution in [0.25, 0.3) is 21.7 Å². The Balaban J connectivity index is 1.61. The lowest BCUT2D eigenvalue weighted by molar-refractivity contribution is 0.0696. The topological polar surface area (TPSA) is 106 Å². The van der Waals surface area contributed by atoms with Crippen LogP contribution >= 0.6 is 11.3 Å². The Labute approximate surface area is 193 Å². The molecule has 2 N–H and O–H groups in total. The highest BCUT2D eigenvalue weighted by Gasteiger charge is 2.22. The lowest BCUT2D eigenvalue weighted by Crippen LogP contribution is -2.14. The van der Waals surface area contributed by atoms with Crippen molar-refractivity contribution in [2.75, 3.05) is 11.8 Å². The van der Waals surface area contributed by atoms with Gasteiger partial charge in [-0.05, 0) is 41.5 Å². The molecule has 7 nitrogen and oxygen atoms in total. The van der Waals surface area contributed by atoms with Gasteiger partial charge in [0.05, 0.1) is 18.4 Å². The Morgan fingerprint density at radius 2 is 1.82 bits per heavy atom. The summed E-state index contributed by atoms with van der Waals surface area (Å²) in [7, 11) is -2.84. The maximum absolute atomic E-state index is 14.8. The van der Waals surface area contributed by atoms with E-state index in [1.54, 1.807) is 12.1 Å². The third kappa shape index (κ3) is 4.71. The number of carbonyl (C=O) groups is 1. The number of thiazole rings is 1. The van der Waals surface area contributed by atoms with E-state index in [0.717, 1.165) is 16.9 Å². The molecule has 0 bridgehead atoms. The fourth-order valence-corrected chi connectivity index (χ4v) is 5.30. The number of anilines is 1. The van der Waals surface area contributed by atoms with Gasteiger partial charge in [0.15, 0.2) is 5.03 Å². The smallest absolute Gasteiger partial charge is 0.335 e. The zero-order valence-electron chi connectivity index (χ0n) is 17.2. The number of nitrogens with zero attached hydrogens (tertiary/aromatic N) is 1. The maximum atomic E-state index is 14.8. The number of benzene rings is 3. The van der Waals surface area contributed by atoms with Crippen LogP contribution in [0.4, 0.5) is 10.1 Å². The summed E-state index contributed by atoms with van der Waals surface area (Å²) in [6.45, 7) is 0. The minimum Gasteiger partial charge on any atom is -0.495 e. The first-order chi connectivity index (χ1) is 15.8. The quantitative estimate of drug-likeness (QED) is 0.377. The Kier molecular flexibility index (Phi) is 6.12. The molecule has 0 atom stereocenters. The van der Waals surface area contributed by atoms with E-state index in [4.69, 9.17) is 9.84 Å². The van der Waals surface area contributed by atoms with Crippen molar-refractivity contribution in [3.05, 3.63) is 83.5 Å². The van der Waals surface area contributed by atoms with Gasteiger partial charge in [-0.3, -0.25) is 4.72 Å². The molecular formula is C23H17FN2O5S2. The molecule has 1 heterocycles. The summed E-state index contributed by atoms with van der Waals surface area (Å²) in [4.78, 5) is 15.2. The van der Waals surface area contributed by atoms with Crippen LogP contribution in [0.1, 0.15) is 10.4 Å². The molecule has 10 heteroatoms. The van der Waals surface area contributed by atoms with Gasteiger partial charge in [0.25, 0.3) is 10.0 Å². The highest BCUT2D eigenvalue weighted by Crippen LogP contribution is 2.33. The van der Waals surface area contributed by atoms with Crippen molar-refractivity contribution in [3.8, 4) is 27.4 Å². The standard InChI is InChI=1S/C23H17FN2O5S2/c1-31-20-12-16(23(27)28)8-10-19(20)26-33(29,30)21-13-32-22(25-21)17-9-7-15(11-18(17)24)14-5-3-2-4-6-14/h2-13,26H,1H3,(H,27,28). The van der Waals surface area contributed by atoms with E-state index in [9.17, 15) is 17.6 Å². The second kappa shape index (κ2) is 9.00. The predicted molar refractivity (Wildman–Crippen MR) is 124 cm³/mol. The van der Waals surface area contributed by atoms with E-state index >= 15 is 0 Å². The van der Waals surface area contributed by atoms with Crippen molar-refractivity contribution in [1.29, 1.82) is 0 Å². The average Bonchev–Trinajstić information content (AvgIpc) is 3.30. The van der Waals surface area contributed by atoms with Crippen LogP contribution in [0.5, 0.6) is 5.75 Å². The summed E-state index contributed by atoms with van der Waals surface area (Å²) < 4.78 is 47.9. The van der Waals surface area contributed by atoms with Crippen LogP contribution in [-0.2, 0) is 10.0 Å². The van der Waals surface area contributed by atoms with Crippen molar-refractivity contribution in [1.82, 2.24) is 4.98 Å². The number of rotatable bonds is 7. The molecule has 168 valence electrons. The molecule has 0 unspecified atom stereocenters. The molecule has 0 fully saturated rings. The number of methoxy groups -OCH3 is 1. The van der Waals surface area contributed by atoms with E-state index in [1.165, 1.54) is 36.8 Å². The Bertz CT molecular complexity index is 1440. The van der Waals surface area contributed by atoms with Crippen molar-refractivity contribution < 1.29 is 27.4 Å². The molecule has 0 saturated heterocycles. The van der Waals surface area contributed by atoms with Crippen LogP contribution in [0, 0.1) is 5.82 Å². The molecule has 0 radical (unpaired) electrons. The number of aromatic nitrogens is 1. The fraction of sp³-hybridized carbons (Fsp3) is 0.0435. The van der Waals surface area contributed by atoms with Gasteiger partial charge in [0.1, 0.15) is 16.6 Å². The predicted octanol–water partition coefficient (Wildman–Crippen LogP) is 5.12. The molecular weight excluding hydrogens is 467 g/mol. The van der Waals surface area contributed by atoms with Gasteiger partial charge in [0, 0.05) is 10.9 Å². The monoisotopic (exact) mass is 484 g/mol. The third-order valence-electron chi connectivity index (χ3n) is 4.76. The second-order valence-electron chi connectivity index (χ2n) is 6.88. The van der Waals surface area contributed by atoms with Crippen molar-refractivity contribution >= 4 is 33.0 Å². The molecule has 0 saturated carbocycles. The zero-order valence-corrected chi connectivity index (χ0v) is 18.8. The number of aromatic carboxylic acids is 1. The molecule has 1 aromatic heterocycles. The first-order valence-electron chi connectivity index (χ1n) is 9.53. The maximum Gasteiger partial charge on any atom is 0.335 e. The number of sulfonamides is 1. The number of hydrogen-bond donors (Lipinski definition) is 2. The third-order valence-corrected chi connectivity index (χ3v) is 7.03. The number of hydrogen-bond acceptors (Lipinski definition) is 6. The number of halogens is 1. The highest BCUT2D eigenvalue weighted by molar-refractivity contribution is 7.92. The van der Waals surface area contributed by atoms with Gasteiger partial charge >= 0.3 is 5.97 Å². The summed E-state index contributed by atoms with van der Waals surface area (Å²) in [5.74, 6) is -1.66. The van der Waals surface area contributed by atoms with Gasteiger partial charge < -0.3 is 9.84 Å². The number of carboxylic acids is 1. The highest BCUT2D eigenvalue weighted by atomic mass is 32.2. The minimum absolute atomic E-state index is 0.0384. The molecule has 0 aliphatic heterocycles. The van der Waals surface area contributed by atoms with Crippen LogP contribution in [0.2, 0.25) is 0 Å². The summed E-state index contributed by atoms with van der Waals surface area (Å²) in [5.41, 5.74) is 1.73. The minimum atomic E-state index is -4.13. The van der Waals surface area contributed by atoms with Crippen LogP contribution in [0.15, 0.2) is 77.1 Å². The van der Waals surface area contributed by atoms with Crippen molar-refractivity contribution in [2.45, 2.75) is 5.03 Å². The normalized spacial score (nSPS) is 11.2. The molecule has 33 heavy (non-hydrogen) atoms. The van der Waals surface area contributed by atoms with Crippen LogP contribution in [-0.4, -0.2) is 31.6 Å². The summed E-state index contributed by atoms with van der Waals surface area (Å²) in [6.07, 6.45) is 0. The van der Waals surface area contributed by atoms with Gasteiger partial charge in [-0.1, -0.05) is 36.4 Å². The first-order valence-corrected chi connectivity index (χ1v) is 11.9. The molecule has 4 rings (SSSR count). The lowest BCUT2D eigenvalue weighted by atomic mass is 10.0. The van der Waals surface area contributed by atoms with Gasteiger partial charge in [-0.25, -0.2) is 14.2 Å². The largest absolute Gasteiger partial charge is 0.495 e. The molecule has 0 amide bonds. The average molecular weight is 485 g/mol.